The minimum absolute atomic E-state index is 0.000191. The van der Waals surface area contributed by atoms with Crippen LogP contribution in [-0.4, -0.2) is 16.8 Å². The third kappa shape index (κ3) is 1.71. The molecule has 1 aliphatic heterocycles. The van der Waals surface area contributed by atoms with Crippen LogP contribution in [0.5, 0.6) is 0 Å². The number of fused-ring (bicyclic) bond motifs is 1. The summed E-state index contributed by atoms with van der Waals surface area (Å²) in [7, 11) is 0. The van der Waals surface area contributed by atoms with Gasteiger partial charge in [0.2, 0.25) is 0 Å². The minimum Gasteiger partial charge on any atom is -0.268 e. The summed E-state index contributed by atoms with van der Waals surface area (Å²) in [6.45, 7) is 1.74. The van der Waals surface area contributed by atoms with E-state index in [2.05, 4.69) is 4.98 Å². The van der Waals surface area contributed by atoms with Crippen LogP contribution in [0.2, 0.25) is 5.02 Å². The van der Waals surface area contributed by atoms with Crippen LogP contribution in [0, 0.1) is 12.7 Å². The molecule has 0 unspecified atom stereocenters. The van der Waals surface area contributed by atoms with E-state index >= 15 is 0 Å². The monoisotopic (exact) mass is 290 g/mol. The number of benzene rings is 1. The van der Waals surface area contributed by atoms with E-state index in [0.29, 0.717) is 5.69 Å². The van der Waals surface area contributed by atoms with Crippen molar-refractivity contribution in [3.63, 3.8) is 0 Å². The molecule has 0 spiro atoms. The first-order valence-electron chi connectivity index (χ1n) is 5.81. The number of aromatic nitrogens is 1. The Bertz CT molecular complexity index is 761. The average molecular weight is 291 g/mol. The average Bonchev–Trinajstić information content (AvgIpc) is 2.66. The molecule has 0 N–H and O–H groups in total. The maximum Gasteiger partial charge on any atom is 0.270 e. The van der Waals surface area contributed by atoms with Crippen molar-refractivity contribution in [1.82, 2.24) is 4.98 Å². The molecular formula is C14H8ClFN2O2. The van der Waals surface area contributed by atoms with E-state index in [1.165, 1.54) is 18.2 Å². The van der Waals surface area contributed by atoms with Crippen molar-refractivity contribution in [1.29, 1.82) is 0 Å². The molecular weight excluding hydrogens is 283 g/mol. The molecule has 0 aliphatic carbocycles. The van der Waals surface area contributed by atoms with Gasteiger partial charge >= 0.3 is 0 Å². The Labute approximate surface area is 118 Å². The van der Waals surface area contributed by atoms with Crippen molar-refractivity contribution in [3.05, 3.63) is 58.0 Å². The van der Waals surface area contributed by atoms with Gasteiger partial charge in [-0.2, -0.15) is 0 Å². The summed E-state index contributed by atoms with van der Waals surface area (Å²) < 4.78 is 13.9. The van der Waals surface area contributed by atoms with Crippen molar-refractivity contribution in [2.45, 2.75) is 6.92 Å². The van der Waals surface area contributed by atoms with Crippen molar-refractivity contribution in [2.24, 2.45) is 0 Å². The largest absolute Gasteiger partial charge is 0.270 e. The molecule has 1 aromatic heterocycles. The summed E-state index contributed by atoms with van der Waals surface area (Å²) in [6.07, 6.45) is 0. The van der Waals surface area contributed by atoms with E-state index in [-0.39, 0.29) is 22.0 Å². The number of anilines is 1. The molecule has 100 valence electrons. The highest BCUT2D eigenvalue weighted by atomic mass is 35.5. The fourth-order valence-corrected chi connectivity index (χ4v) is 2.28. The maximum absolute atomic E-state index is 13.9. The molecule has 0 radical (unpaired) electrons. The lowest BCUT2D eigenvalue weighted by Gasteiger charge is -2.12. The Morgan fingerprint density at radius 2 is 1.90 bits per heavy atom. The van der Waals surface area contributed by atoms with Gasteiger partial charge in [-0.25, -0.2) is 14.3 Å². The molecule has 2 amide bonds. The number of carbonyl (C=O) groups is 2. The van der Waals surface area contributed by atoms with Crippen LogP contribution in [0.15, 0.2) is 30.3 Å². The number of hydrogen-bond acceptors (Lipinski definition) is 3. The molecule has 20 heavy (non-hydrogen) atoms. The lowest BCUT2D eigenvalue weighted by Crippen LogP contribution is -2.30. The van der Waals surface area contributed by atoms with Gasteiger partial charge in [-0.15, -0.1) is 0 Å². The molecule has 2 heterocycles. The maximum atomic E-state index is 13.9. The molecule has 0 saturated carbocycles. The Balaban J connectivity index is 2.17. The lowest BCUT2D eigenvalue weighted by atomic mass is 10.1. The second kappa shape index (κ2) is 4.38. The van der Waals surface area contributed by atoms with Crippen LogP contribution in [0.4, 0.5) is 10.2 Å². The number of aryl methyl sites for hydroxylation is 1. The zero-order valence-electron chi connectivity index (χ0n) is 10.4. The molecule has 1 aromatic carbocycles. The van der Waals surface area contributed by atoms with Crippen LogP contribution in [0.25, 0.3) is 0 Å². The van der Waals surface area contributed by atoms with Crippen LogP contribution in [0.3, 0.4) is 0 Å². The molecule has 1 aliphatic rings. The van der Waals surface area contributed by atoms with Gasteiger partial charge in [-0.05, 0) is 31.2 Å². The molecule has 0 fully saturated rings. The van der Waals surface area contributed by atoms with Gasteiger partial charge < -0.3 is 0 Å². The fraction of sp³-hybridized carbons (Fsp3) is 0.0714. The van der Waals surface area contributed by atoms with Gasteiger partial charge in [0.25, 0.3) is 11.8 Å². The van der Waals surface area contributed by atoms with E-state index < -0.39 is 17.6 Å². The highest BCUT2D eigenvalue weighted by molar-refractivity contribution is 6.36. The topological polar surface area (TPSA) is 50.3 Å². The third-order valence-corrected chi connectivity index (χ3v) is 3.34. The SMILES string of the molecule is Cc1cccc(N2C(=O)c3ccc(Cl)c(F)c3C2=O)n1. The zero-order valence-corrected chi connectivity index (χ0v) is 11.1. The summed E-state index contributed by atoms with van der Waals surface area (Å²) in [5.41, 5.74) is 0.351. The quantitative estimate of drug-likeness (QED) is 0.759. The Kier molecular flexibility index (Phi) is 2.79. The summed E-state index contributed by atoms with van der Waals surface area (Å²) in [6, 6.07) is 7.53. The zero-order chi connectivity index (χ0) is 14.4. The van der Waals surface area contributed by atoms with Gasteiger partial charge in [0.05, 0.1) is 16.1 Å². The Morgan fingerprint density at radius 3 is 2.60 bits per heavy atom. The van der Waals surface area contributed by atoms with Gasteiger partial charge in [0.15, 0.2) is 5.82 Å². The van der Waals surface area contributed by atoms with Crippen LogP contribution >= 0.6 is 11.6 Å². The molecule has 6 heteroatoms. The summed E-state index contributed by atoms with van der Waals surface area (Å²) in [5.74, 6) is -2.05. The first kappa shape index (κ1) is 12.7. The van der Waals surface area contributed by atoms with Crippen molar-refractivity contribution >= 4 is 29.2 Å². The normalized spacial score (nSPS) is 13.8. The van der Waals surface area contributed by atoms with Gasteiger partial charge in [0, 0.05) is 5.69 Å². The molecule has 2 aromatic rings. The number of imide groups is 1. The number of hydrogen-bond donors (Lipinski definition) is 0. The fourth-order valence-electron chi connectivity index (χ4n) is 2.12. The summed E-state index contributed by atoms with van der Waals surface area (Å²) in [4.78, 5) is 29.5. The summed E-state index contributed by atoms with van der Waals surface area (Å²) >= 11 is 5.65. The first-order valence-corrected chi connectivity index (χ1v) is 6.19. The van der Waals surface area contributed by atoms with Crippen LogP contribution in [0.1, 0.15) is 26.4 Å². The van der Waals surface area contributed by atoms with Crippen LogP contribution in [-0.2, 0) is 0 Å². The number of nitrogens with zero attached hydrogens (tertiary/aromatic N) is 2. The number of pyridine rings is 1. The minimum atomic E-state index is -0.877. The van der Waals surface area contributed by atoms with Crippen molar-refractivity contribution in [3.8, 4) is 0 Å². The number of amides is 2. The standard InChI is InChI=1S/C14H8ClFN2O2/c1-7-3-2-4-10(17-7)18-13(19)8-5-6-9(15)12(16)11(8)14(18)20/h2-6H,1H3. The first-order chi connectivity index (χ1) is 9.50. The van der Waals surface area contributed by atoms with E-state index in [1.807, 2.05) is 0 Å². The van der Waals surface area contributed by atoms with Crippen LogP contribution < -0.4 is 4.90 Å². The van der Waals surface area contributed by atoms with E-state index in [0.717, 1.165) is 4.90 Å². The number of carbonyl (C=O) groups excluding carboxylic acids is 2. The van der Waals surface area contributed by atoms with Crippen molar-refractivity contribution in [2.75, 3.05) is 4.90 Å². The smallest absolute Gasteiger partial charge is 0.268 e. The van der Waals surface area contributed by atoms with Gasteiger partial charge in [-0.3, -0.25) is 9.59 Å². The third-order valence-electron chi connectivity index (χ3n) is 3.05. The molecule has 0 saturated heterocycles. The highest BCUT2D eigenvalue weighted by Gasteiger charge is 2.40. The second-order valence-electron chi connectivity index (χ2n) is 4.37. The van der Waals surface area contributed by atoms with E-state index in [4.69, 9.17) is 11.6 Å². The van der Waals surface area contributed by atoms with E-state index in [9.17, 15) is 14.0 Å². The second-order valence-corrected chi connectivity index (χ2v) is 4.77. The van der Waals surface area contributed by atoms with Crippen molar-refractivity contribution < 1.29 is 14.0 Å². The predicted octanol–water partition coefficient (Wildman–Crippen LogP) is 2.98. The molecule has 3 rings (SSSR count). The molecule has 0 bridgehead atoms. The van der Waals surface area contributed by atoms with Gasteiger partial charge in [-0.1, -0.05) is 17.7 Å². The number of rotatable bonds is 1. The lowest BCUT2D eigenvalue weighted by molar-refractivity contribution is 0.0924. The summed E-state index contributed by atoms with van der Waals surface area (Å²) in [5, 5.41) is -0.191. The highest BCUT2D eigenvalue weighted by Crippen LogP contribution is 2.31. The Morgan fingerprint density at radius 1 is 1.15 bits per heavy atom. The number of halogens is 2. The molecule has 4 nitrogen and oxygen atoms in total. The van der Waals surface area contributed by atoms with E-state index in [1.54, 1.807) is 19.1 Å². The van der Waals surface area contributed by atoms with Gasteiger partial charge in [0.1, 0.15) is 5.82 Å². The Hall–Kier alpha value is -2.27. The molecule has 0 atom stereocenters. The predicted molar refractivity (Wildman–Crippen MR) is 71.5 cm³/mol.